The average Bonchev–Trinajstić information content (AvgIpc) is 2.18. The zero-order chi connectivity index (χ0) is 7.84. The average molecular weight is 156 g/mol. The first kappa shape index (κ1) is 6.64. The molecule has 0 radical (unpaired) electrons. The lowest BCUT2D eigenvalue weighted by Crippen LogP contribution is -2.37. The fraction of sp³-hybridized carbons (Fsp3) is 0.714. The standard InChI is InChI=1S/C7H8O4/c8-6-4-2-1-3-5(10-6)11-7(4)9/h4-5H,1-3H2. The lowest BCUT2D eigenvalue weighted by molar-refractivity contribution is -0.208. The quantitative estimate of drug-likeness (QED) is 0.371. The van der Waals surface area contributed by atoms with E-state index in [2.05, 4.69) is 0 Å². The van der Waals surface area contributed by atoms with Crippen molar-refractivity contribution >= 4 is 11.9 Å². The summed E-state index contributed by atoms with van der Waals surface area (Å²) in [6.45, 7) is 0. The van der Waals surface area contributed by atoms with Crippen LogP contribution < -0.4 is 0 Å². The minimum absolute atomic E-state index is 0.413. The molecule has 3 aliphatic rings. The Kier molecular flexibility index (Phi) is 1.34. The summed E-state index contributed by atoms with van der Waals surface area (Å²) >= 11 is 0. The fourth-order valence-electron chi connectivity index (χ4n) is 1.39. The molecule has 0 aromatic rings. The molecule has 0 atom stereocenters. The van der Waals surface area contributed by atoms with Gasteiger partial charge in [0, 0.05) is 6.42 Å². The van der Waals surface area contributed by atoms with Gasteiger partial charge in [0.15, 0.2) is 5.92 Å². The van der Waals surface area contributed by atoms with Crippen molar-refractivity contribution in [3.63, 3.8) is 0 Å². The topological polar surface area (TPSA) is 52.6 Å². The van der Waals surface area contributed by atoms with Crippen molar-refractivity contribution in [1.29, 1.82) is 0 Å². The first-order chi connectivity index (χ1) is 5.27. The first-order valence-corrected chi connectivity index (χ1v) is 3.68. The molecule has 0 saturated carbocycles. The molecule has 11 heavy (non-hydrogen) atoms. The fourth-order valence-corrected chi connectivity index (χ4v) is 1.39. The van der Waals surface area contributed by atoms with Crippen molar-refractivity contribution in [1.82, 2.24) is 0 Å². The molecule has 3 saturated heterocycles. The molecule has 0 unspecified atom stereocenters. The molecule has 0 aromatic heterocycles. The maximum atomic E-state index is 11.0. The second kappa shape index (κ2) is 2.22. The summed E-state index contributed by atoms with van der Waals surface area (Å²) in [5.74, 6) is -1.47. The van der Waals surface area contributed by atoms with Crippen molar-refractivity contribution in [3.8, 4) is 0 Å². The van der Waals surface area contributed by atoms with Crippen LogP contribution in [0.15, 0.2) is 0 Å². The maximum absolute atomic E-state index is 11.0. The summed E-state index contributed by atoms with van der Waals surface area (Å²) in [4.78, 5) is 21.9. The van der Waals surface area contributed by atoms with Gasteiger partial charge in [-0.3, -0.25) is 9.59 Å². The van der Waals surface area contributed by atoms with Gasteiger partial charge in [0.1, 0.15) is 0 Å². The third kappa shape index (κ3) is 0.982. The Balaban J connectivity index is 2.26. The second-order valence-electron chi connectivity index (χ2n) is 2.79. The number of hydrogen-bond donors (Lipinski definition) is 0. The lowest BCUT2D eigenvalue weighted by atomic mass is 10.0. The van der Waals surface area contributed by atoms with Crippen molar-refractivity contribution < 1.29 is 19.1 Å². The molecular weight excluding hydrogens is 148 g/mol. The number of carbonyl (C=O) groups excluding carboxylic acids is 2. The van der Waals surface area contributed by atoms with Crippen molar-refractivity contribution in [2.45, 2.75) is 25.6 Å². The van der Waals surface area contributed by atoms with Crippen LogP contribution in [0.2, 0.25) is 0 Å². The van der Waals surface area contributed by atoms with Crippen molar-refractivity contribution in [3.05, 3.63) is 0 Å². The molecule has 4 nitrogen and oxygen atoms in total. The van der Waals surface area contributed by atoms with Gasteiger partial charge in [0.05, 0.1) is 0 Å². The lowest BCUT2D eigenvalue weighted by Gasteiger charge is -2.22. The van der Waals surface area contributed by atoms with Crippen LogP contribution in [0.3, 0.4) is 0 Å². The predicted octanol–water partition coefficient (Wildman–Crippen LogP) is 0.213. The van der Waals surface area contributed by atoms with E-state index >= 15 is 0 Å². The number of carbonyl (C=O) groups is 2. The van der Waals surface area contributed by atoms with Gasteiger partial charge in [-0.05, 0) is 12.8 Å². The van der Waals surface area contributed by atoms with Gasteiger partial charge in [-0.15, -0.1) is 0 Å². The molecular formula is C7H8O4. The zero-order valence-corrected chi connectivity index (χ0v) is 5.91. The molecule has 0 spiro atoms. The summed E-state index contributed by atoms with van der Waals surface area (Å²) in [5, 5.41) is 0. The van der Waals surface area contributed by atoms with Gasteiger partial charge in [-0.25, -0.2) is 0 Å². The summed E-state index contributed by atoms with van der Waals surface area (Å²) in [6, 6.07) is 0. The Morgan fingerprint density at radius 2 is 1.73 bits per heavy atom. The molecule has 0 N–H and O–H groups in total. The highest BCUT2D eigenvalue weighted by Gasteiger charge is 2.41. The zero-order valence-electron chi connectivity index (χ0n) is 5.91. The Morgan fingerprint density at radius 1 is 1.09 bits per heavy atom. The van der Waals surface area contributed by atoms with Crippen LogP contribution in [0.4, 0.5) is 0 Å². The number of esters is 2. The van der Waals surface area contributed by atoms with E-state index in [-0.39, 0.29) is 0 Å². The molecule has 0 amide bonds. The van der Waals surface area contributed by atoms with E-state index in [1.807, 2.05) is 0 Å². The number of hydrogen-bond acceptors (Lipinski definition) is 4. The monoisotopic (exact) mass is 156 g/mol. The van der Waals surface area contributed by atoms with E-state index in [0.29, 0.717) is 12.8 Å². The highest BCUT2D eigenvalue weighted by molar-refractivity contribution is 5.96. The normalized spacial score (nSPS) is 36.0. The van der Waals surface area contributed by atoms with Crippen LogP contribution >= 0.6 is 0 Å². The van der Waals surface area contributed by atoms with Crippen LogP contribution in [0.25, 0.3) is 0 Å². The van der Waals surface area contributed by atoms with E-state index in [1.54, 1.807) is 0 Å². The minimum Gasteiger partial charge on any atom is -0.425 e. The number of fused-ring (bicyclic) bond motifs is 4. The Hall–Kier alpha value is -1.06. The Morgan fingerprint density at radius 3 is 2.36 bits per heavy atom. The van der Waals surface area contributed by atoms with Gasteiger partial charge in [-0.1, -0.05) is 0 Å². The summed E-state index contributed by atoms with van der Waals surface area (Å²) in [5.41, 5.74) is 0. The van der Waals surface area contributed by atoms with Crippen LogP contribution in [0, 0.1) is 5.92 Å². The maximum Gasteiger partial charge on any atom is 0.323 e. The molecule has 4 heteroatoms. The van der Waals surface area contributed by atoms with Crippen molar-refractivity contribution in [2.24, 2.45) is 5.92 Å². The van der Waals surface area contributed by atoms with E-state index in [1.165, 1.54) is 0 Å². The second-order valence-corrected chi connectivity index (χ2v) is 2.79. The van der Waals surface area contributed by atoms with E-state index in [0.717, 1.165) is 6.42 Å². The molecule has 3 fully saturated rings. The third-order valence-corrected chi connectivity index (χ3v) is 2.00. The molecule has 60 valence electrons. The third-order valence-electron chi connectivity index (χ3n) is 2.00. The van der Waals surface area contributed by atoms with Crippen LogP contribution in [-0.2, 0) is 19.1 Å². The molecule has 3 heterocycles. The van der Waals surface area contributed by atoms with Gasteiger partial charge in [0.25, 0.3) is 0 Å². The predicted molar refractivity (Wildman–Crippen MR) is 33.3 cm³/mol. The van der Waals surface area contributed by atoms with Gasteiger partial charge in [0.2, 0.25) is 6.29 Å². The highest BCUT2D eigenvalue weighted by atomic mass is 16.7. The van der Waals surface area contributed by atoms with Gasteiger partial charge < -0.3 is 9.47 Å². The van der Waals surface area contributed by atoms with E-state index in [9.17, 15) is 9.59 Å². The Bertz CT molecular complexity index is 192. The molecule has 3 aliphatic heterocycles. The summed E-state index contributed by atoms with van der Waals surface area (Å²) < 4.78 is 9.60. The highest BCUT2D eigenvalue weighted by Crippen LogP contribution is 2.27. The van der Waals surface area contributed by atoms with Crippen LogP contribution in [0.1, 0.15) is 19.3 Å². The molecule has 0 aliphatic carbocycles. The van der Waals surface area contributed by atoms with E-state index < -0.39 is 24.1 Å². The molecule has 2 bridgehead atoms. The minimum atomic E-state index is -0.645. The molecule has 3 rings (SSSR count). The Labute approximate surface area is 63.5 Å². The largest absolute Gasteiger partial charge is 0.425 e. The SMILES string of the molecule is O=C1OC2CCCC1C(=O)O2. The summed E-state index contributed by atoms with van der Waals surface area (Å²) in [6.07, 6.45) is 1.45. The van der Waals surface area contributed by atoms with Gasteiger partial charge in [-0.2, -0.15) is 0 Å². The van der Waals surface area contributed by atoms with Crippen LogP contribution in [0.5, 0.6) is 0 Å². The number of rotatable bonds is 0. The van der Waals surface area contributed by atoms with E-state index in [4.69, 9.17) is 9.47 Å². The molecule has 0 aromatic carbocycles. The van der Waals surface area contributed by atoms with Gasteiger partial charge >= 0.3 is 11.9 Å². The summed E-state index contributed by atoms with van der Waals surface area (Å²) in [7, 11) is 0. The van der Waals surface area contributed by atoms with Crippen LogP contribution in [-0.4, -0.2) is 18.2 Å². The van der Waals surface area contributed by atoms with Crippen molar-refractivity contribution in [2.75, 3.05) is 0 Å². The first-order valence-electron chi connectivity index (χ1n) is 3.68. The smallest absolute Gasteiger partial charge is 0.323 e. The number of ether oxygens (including phenoxy) is 2.